The number of hydrogen-bond donors (Lipinski definition) is 0. The maximum Gasteiger partial charge on any atom is 0.0994 e. The van der Waals surface area contributed by atoms with Gasteiger partial charge in [0, 0.05) is 0 Å². The molecule has 76 valence electrons. The quantitative estimate of drug-likeness (QED) is 0.696. The highest BCUT2D eigenvalue weighted by Crippen LogP contribution is 2.23. The molecule has 0 N–H and O–H groups in total. The van der Waals surface area contributed by atoms with Gasteiger partial charge >= 0.3 is 0 Å². The first kappa shape index (κ1) is 11.3. The molecule has 0 saturated heterocycles. The van der Waals surface area contributed by atoms with Crippen LogP contribution in [0.1, 0.15) is 37.5 Å². The molecule has 15 heavy (non-hydrogen) atoms. The normalized spacial score (nSPS) is 10.5. The molecule has 1 aromatic rings. The smallest absolute Gasteiger partial charge is 0.0994 e. The molecule has 0 saturated carbocycles. The molecule has 0 amide bonds. The number of rotatable bonds is 1. The Labute approximate surface area is 90.8 Å². The van der Waals surface area contributed by atoms with Gasteiger partial charge in [-0.25, -0.2) is 0 Å². The van der Waals surface area contributed by atoms with Gasteiger partial charge in [0.1, 0.15) is 0 Å². The Morgan fingerprint density at radius 2 is 1.80 bits per heavy atom. The molecule has 0 fully saturated rings. The van der Waals surface area contributed by atoms with E-state index in [4.69, 9.17) is 10.5 Å². The molecule has 0 aromatic heterocycles. The zero-order valence-electron chi connectivity index (χ0n) is 9.33. The van der Waals surface area contributed by atoms with E-state index in [2.05, 4.69) is 32.9 Å². The van der Waals surface area contributed by atoms with E-state index < -0.39 is 0 Å². The second-order valence-electron chi connectivity index (χ2n) is 4.83. The molecule has 2 nitrogen and oxygen atoms in total. The van der Waals surface area contributed by atoms with Crippen LogP contribution >= 0.6 is 0 Å². The van der Waals surface area contributed by atoms with E-state index in [0.717, 1.165) is 12.0 Å². The molecule has 0 aliphatic carbocycles. The van der Waals surface area contributed by atoms with Crippen LogP contribution in [0.3, 0.4) is 0 Å². The maximum absolute atomic E-state index is 8.95. The van der Waals surface area contributed by atoms with Crippen molar-refractivity contribution >= 4 is 0 Å². The van der Waals surface area contributed by atoms with E-state index in [-0.39, 0.29) is 5.41 Å². The van der Waals surface area contributed by atoms with Crippen molar-refractivity contribution in [2.45, 2.75) is 27.2 Å². The molecule has 0 atom stereocenters. The Morgan fingerprint density at radius 1 is 1.13 bits per heavy atom. The maximum atomic E-state index is 8.95. The summed E-state index contributed by atoms with van der Waals surface area (Å²) in [6.07, 6.45) is 0.811. The van der Waals surface area contributed by atoms with E-state index in [0.29, 0.717) is 11.1 Å². The molecule has 0 aliphatic heterocycles. The fourth-order valence-electron chi connectivity index (χ4n) is 1.49. The summed E-state index contributed by atoms with van der Waals surface area (Å²) in [5.41, 5.74) is 2.38. The third-order valence-corrected chi connectivity index (χ3v) is 2.08. The minimum atomic E-state index is 0.125. The summed E-state index contributed by atoms with van der Waals surface area (Å²) in [7, 11) is 0. The second kappa shape index (κ2) is 4.15. The van der Waals surface area contributed by atoms with Gasteiger partial charge in [-0.15, -0.1) is 0 Å². The van der Waals surface area contributed by atoms with Crippen molar-refractivity contribution in [2.24, 2.45) is 5.41 Å². The Hall–Kier alpha value is -1.80. The molecule has 0 radical (unpaired) electrons. The van der Waals surface area contributed by atoms with Gasteiger partial charge in [-0.2, -0.15) is 10.5 Å². The van der Waals surface area contributed by atoms with Gasteiger partial charge in [0.25, 0.3) is 0 Å². The van der Waals surface area contributed by atoms with Gasteiger partial charge in [-0.1, -0.05) is 20.8 Å². The zero-order chi connectivity index (χ0) is 11.5. The molecule has 0 heterocycles. The predicted molar refractivity (Wildman–Crippen MR) is 59.0 cm³/mol. The lowest BCUT2D eigenvalue weighted by Crippen LogP contribution is -2.10. The lowest BCUT2D eigenvalue weighted by Gasteiger charge is -2.18. The minimum absolute atomic E-state index is 0.125. The lowest BCUT2D eigenvalue weighted by molar-refractivity contribution is 0.411. The van der Waals surface area contributed by atoms with E-state index in [1.54, 1.807) is 12.1 Å². The van der Waals surface area contributed by atoms with Crippen LogP contribution in [0.25, 0.3) is 0 Å². The second-order valence-corrected chi connectivity index (χ2v) is 4.83. The van der Waals surface area contributed by atoms with Crippen molar-refractivity contribution in [1.82, 2.24) is 0 Å². The fraction of sp³-hybridized carbons (Fsp3) is 0.385. The topological polar surface area (TPSA) is 47.6 Å². The molecule has 0 bridgehead atoms. The van der Waals surface area contributed by atoms with Crippen LogP contribution in [0, 0.1) is 28.1 Å². The standard InChI is InChI=1S/C13H14N2/c1-13(2,3)7-12-6-10(8-14)4-5-11(12)9-15/h4-6H,7H2,1-3H3. The van der Waals surface area contributed by atoms with Crippen molar-refractivity contribution in [3.63, 3.8) is 0 Å². The summed E-state index contributed by atoms with van der Waals surface area (Å²) in [6, 6.07) is 9.47. The third kappa shape index (κ3) is 3.11. The van der Waals surface area contributed by atoms with Crippen LogP contribution in [0.5, 0.6) is 0 Å². The Kier molecular flexibility index (Phi) is 3.12. The van der Waals surface area contributed by atoms with Crippen LogP contribution in [0.2, 0.25) is 0 Å². The van der Waals surface area contributed by atoms with Crippen molar-refractivity contribution in [3.8, 4) is 12.1 Å². The van der Waals surface area contributed by atoms with Gasteiger partial charge in [0.05, 0.1) is 23.3 Å². The first-order chi connectivity index (χ1) is 6.96. The average molecular weight is 198 g/mol. The summed E-state index contributed by atoms with van der Waals surface area (Å²) in [5, 5.41) is 17.7. The van der Waals surface area contributed by atoms with Gasteiger partial charge in [-0.3, -0.25) is 0 Å². The molecule has 0 unspecified atom stereocenters. The van der Waals surface area contributed by atoms with Crippen molar-refractivity contribution in [1.29, 1.82) is 10.5 Å². The summed E-state index contributed by atoms with van der Waals surface area (Å²) in [4.78, 5) is 0. The average Bonchev–Trinajstić information content (AvgIpc) is 2.15. The molecule has 1 aromatic carbocycles. The fourth-order valence-corrected chi connectivity index (χ4v) is 1.49. The number of nitriles is 2. The SMILES string of the molecule is CC(C)(C)Cc1cc(C#N)ccc1C#N. The van der Waals surface area contributed by atoms with Gasteiger partial charge in [0.2, 0.25) is 0 Å². The highest BCUT2D eigenvalue weighted by molar-refractivity contribution is 5.44. The zero-order valence-corrected chi connectivity index (χ0v) is 9.33. The highest BCUT2D eigenvalue weighted by atomic mass is 14.3. The van der Waals surface area contributed by atoms with Gasteiger partial charge in [-0.05, 0) is 35.6 Å². The van der Waals surface area contributed by atoms with E-state index >= 15 is 0 Å². The van der Waals surface area contributed by atoms with Crippen molar-refractivity contribution in [3.05, 3.63) is 34.9 Å². The predicted octanol–water partition coefficient (Wildman–Crippen LogP) is 3.02. The van der Waals surface area contributed by atoms with Gasteiger partial charge in [0.15, 0.2) is 0 Å². The minimum Gasteiger partial charge on any atom is -0.192 e. The van der Waals surface area contributed by atoms with Crippen LogP contribution in [0.4, 0.5) is 0 Å². The monoisotopic (exact) mass is 198 g/mol. The highest BCUT2D eigenvalue weighted by Gasteiger charge is 2.14. The number of hydrogen-bond acceptors (Lipinski definition) is 2. The van der Waals surface area contributed by atoms with Crippen LogP contribution in [-0.4, -0.2) is 0 Å². The molecular formula is C13H14N2. The first-order valence-electron chi connectivity index (χ1n) is 4.89. The molecule has 0 spiro atoms. The summed E-state index contributed by atoms with van der Waals surface area (Å²) < 4.78 is 0. The lowest BCUT2D eigenvalue weighted by atomic mass is 9.86. The van der Waals surface area contributed by atoms with Crippen LogP contribution in [-0.2, 0) is 6.42 Å². The number of nitrogens with zero attached hydrogens (tertiary/aromatic N) is 2. The molecular weight excluding hydrogens is 184 g/mol. The van der Waals surface area contributed by atoms with Crippen LogP contribution < -0.4 is 0 Å². The third-order valence-electron chi connectivity index (χ3n) is 2.08. The van der Waals surface area contributed by atoms with Crippen molar-refractivity contribution < 1.29 is 0 Å². The number of benzene rings is 1. The molecule has 2 heteroatoms. The summed E-state index contributed by atoms with van der Waals surface area (Å²) >= 11 is 0. The van der Waals surface area contributed by atoms with E-state index in [1.165, 1.54) is 0 Å². The van der Waals surface area contributed by atoms with Crippen molar-refractivity contribution in [2.75, 3.05) is 0 Å². The summed E-state index contributed by atoms with van der Waals surface area (Å²) in [5.74, 6) is 0. The van der Waals surface area contributed by atoms with Crippen LogP contribution in [0.15, 0.2) is 18.2 Å². The van der Waals surface area contributed by atoms with E-state index in [1.807, 2.05) is 6.07 Å². The molecule has 1 rings (SSSR count). The Bertz CT molecular complexity index is 439. The van der Waals surface area contributed by atoms with Gasteiger partial charge < -0.3 is 0 Å². The summed E-state index contributed by atoms with van der Waals surface area (Å²) in [6.45, 7) is 6.35. The Balaban J connectivity index is 3.15. The largest absolute Gasteiger partial charge is 0.192 e. The Morgan fingerprint density at radius 3 is 2.27 bits per heavy atom. The molecule has 0 aliphatic rings. The first-order valence-corrected chi connectivity index (χ1v) is 4.89. The van der Waals surface area contributed by atoms with E-state index in [9.17, 15) is 0 Å².